The van der Waals surface area contributed by atoms with Crippen molar-refractivity contribution < 1.29 is 28.4 Å². The zero-order valence-corrected chi connectivity index (χ0v) is 36.3. The van der Waals surface area contributed by atoms with Crippen LogP contribution < -0.4 is 34.2 Å². The van der Waals surface area contributed by atoms with Gasteiger partial charge >= 0.3 is 0 Å². The molecule has 0 unspecified atom stereocenters. The first-order valence-electron chi connectivity index (χ1n) is 20.7. The summed E-state index contributed by atoms with van der Waals surface area (Å²) in [6.07, 6.45) is 0.800. The summed E-state index contributed by atoms with van der Waals surface area (Å²) < 4.78 is 39.4. The lowest BCUT2D eigenvalue weighted by molar-refractivity contribution is 0.249. The predicted molar refractivity (Wildman–Crippen MR) is 244 cm³/mol. The monoisotopic (exact) mass is 822 g/mol. The molecule has 2 N–H and O–H groups in total. The van der Waals surface area contributed by atoms with E-state index in [2.05, 4.69) is 88.5 Å². The van der Waals surface area contributed by atoms with Gasteiger partial charge in [0, 0.05) is 76.4 Å². The molecule has 4 aromatic carbocycles. The molecule has 4 aromatic heterocycles. The third kappa shape index (κ3) is 7.29. The van der Waals surface area contributed by atoms with Crippen molar-refractivity contribution in [3.8, 4) is 57.0 Å². The normalized spacial score (nSPS) is 11.6. The predicted octanol–water partition coefficient (Wildman–Crippen LogP) is 9.47. The maximum absolute atomic E-state index is 6.20. The van der Waals surface area contributed by atoms with Crippen LogP contribution in [-0.4, -0.2) is 79.8 Å². The minimum atomic E-state index is 0.530. The van der Waals surface area contributed by atoms with Crippen LogP contribution >= 0.6 is 0 Å². The summed E-state index contributed by atoms with van der Waals surface area (Å²) in [6.45, 7) is 8.26. The quantitative estimate of drug-likeness (QED) is 0.0951. The van der Waals surface area contributed by atoms with E-state index in [1.807, 2.05) is 24.3 Å². The van der Waals surface area contributed by atoms with Crippen LogP contribution in [0.25, 0.3) is 66.1 Å². The molecular formula is C49H54N6O6. The van der Waals surface area contributed by atoms with Crippen LogP contribution in [0.4, 0.5) is 0 Å². The number of rotatable bonds is 17. The van der Waals surface area contributed by atoms with E-state index in [1.54, 1.807) is 42.7 Å². The highest BCUT2D eigenvalue weighted by atomic mass is 16.5. The number of aromatic nitrogens is 4. The first-order valence-corrected chi connectivity index (χ1v) is 20.7. The average molecular weight is 823 g/mol. The standard InChI is InChI=1S/C49H54N6O6/c1-9-54-38-18-13-11-16-34(38)36-26-32(51-44(46(36)54)30-22-40(56-3)48(60-7)41(23-30)57-4)28-53(21-15-20-50)29-33-27-37-35-17-12-14-19-39(35)55(10-2)47(37)45(52-33)31-24-42(58-5)49(61-8)43(25-31)59-6/h11-14,16-19,22-27H,9-10,15,20-21,28-29,50H2,1-8H3. The van der Waals surface area contributed by atoms with E-state index in [0.717, 1.165) is 92.8 Å². The molecule has 0 spiro atoms. The first-order chi connectivity index (χ1) is 29.8. The summed E-state index contributed by atoms with van der Waals surface area (Å²) in [5, 5.41) is 4.59. The number of para-hydroxylation sites is 2. The molecule has 0 aliphatic rings. The highest BCUT2D eigenvalue weighted by Crippen LogP contribution is 2.45. The van der Waals surface area contributed by atoms with Crippen LogP contribution in [0.15, 0.2) is 84.9 Å². The van der Waals surface area contributed by atoms with Crippen molar-refractivity contribution in [1.82, 2.24) is 24.0 Å². The Morgan fingerprint density at radius 1 is 0.525 bits per heavy atom. The van der Waals surface area contributed by atoms with Gasteiger partial charge in [-0.15, -0.1) is 0 Å². The lowest BCUT2D eigenvalue weighted by Crippen LogP contribution is -2.26. The van der Waals surface area contributed by atoms with E-state index in [0.29, 0.717) is 54.1 Å². The largest absolute Gasteiger partial charge is 0.493 e. The van der Waals surface area contributed by atoms with E-state index in [4.69, 9.17) is 44.1 Å². The summed E-state index contributed by atoms with van der Waals surface area (Å²) in [7, 11) is 9.78. The molecule has 61 heavy (non-hydrogen) atoms. The Kier molecular flexibility index (Phi) is 11.9. The van der Waals surface area contributed by atoms with Gasteiger partial charge in [-0.3, -0.25) is 4.90 Å². The fourth-order valence-electron chi connectivity index (χ4n) is 8.90. The Hall–Kier alpha value is -6.50. The maximum Gasteiger partial charge on any atom is 0.203 e. The van der Waals surface area contributed by atoms with Gasteiger partial charge in [0.25, 0.3) is 0 Å². The molecular weight excluding hydrogens is 769 g/mol. The van der Waals surface area contributed by atoms with E-state index >= 15 is 0 Å². The molecule has 0 saturated carbocycles. The molecule has 0 aliphatic carbocycles. The fourth-order valence-corrected chi connectivity index (χ4v) is 8.90. The second-order valence-corrected chi connectivity index (χ2v) is 14.9. The Labute approximate surface area is 356 Å². The number of fused-ring (bicyclic) bond motifs is 6. The second-order valence-electron chi connectivity index (χ2n) is 14.9. The van der Waals surface area contributed by atoms with Crippen LogP contribution in [0.3, 0.4) is 0 Å². The van der Waals surface area contributed by atoms with E-state index in [-0.39, 0.29) is 0 Å². The Bertz CT molecular complexity index is 2640. The number of hydrogen-bond donors (Lipinski definition) is 1. The Balaban J connectivity index is 1.31. The zero-order chi connectivity index (χ0) is 42.8. The zero-order valence-electron chi connectivity index (χ0n) is 36.3. The van der Waals surface area contributed by atoms with Gasteiger partial charge in [0.05, 0.1) is 76.5 Å². The number of pyridine rings is 2. The van der Waals surface area contributed by atoms with Crippen LogP contribution in [0.2, 0.25) is 0 Å². The maximum atomic E-state index is 6.20. The fraction of sp³-hybridized carbons (Fsp3) is 0.306. The Morgan fingerprint density at radius 3 is 1.26 bits per heavy atom. The van der Waals surface area contributed by atoms with Gasteiger partial charge in [-0.25, -0.2) is 9.97 Å². The average Bonchev–Trinajstić information content (AvgIpc) is 3.81. The van der Waals surface area contributed by atoms with Crippen molar-refractivity contribution in [2.45, 2.75) is 46.4 Å². The lowest BCUT2D eigenvalue weighted by atomic mass is 10.0. The summed E-state index contributed by atoms with van der Waals surface area (Å²) in [4.78, 5) is 13.4. The highest BCUT2D eigenvalue weighted by molar-refractivity contribution is 6.13. The molecule has 0 aliphatic heterocycles. The van der Waals surface area contributed by atoms with Gasteiger partial charge in [0.2, 0.25) is 11.5 Å². The van der Waals surface area contributed by atoms with E-state index < -0.39 is 0 Å². The number of aryl methyl sites for hydroxylation is 2. The number of benzene rings is 4. The van der Waals surface area contributed by atoms with Crippen molar-refractivity contribution in [2.24, 2.45) is 5.73 Å². The lowest BCUT2D eigenvalue weighted by Gasteiger charge is -2.23. The topological polar surface area (TPSA) is 120 Å². The van der Waals surface area contributed by atoms with Crippen molar-refractivity contribution in [1.29, 1.82) is 0 Å². The van der Waals surface area contributed by atoms with Gasteiger partial charge in [-0.1, -0.05) is 36.4 Å². The summed E-state index contributed by atoms with van der Waals surface area (Å²) >= 11 is 0. The molecule has 0 amide bonds. The summed E-state index contributed by atoms with van der Waals surface area (Å²) in [5.41, 5.74) is 15.8. The summed E-state index contributed by atoms with van der Waals surface area (Å²) in [6, 6.07) is 29.5. The van der Waals surface area contributed by atoms with Crippen LogP contribution in [0.1, 0.15) is 31.7 Å². The first kappa shape index (κ1) is 41.2. The number of methoxy groups -OCH3 is 6. The van der Waals surface area contributed by atoms with Gasteiger partial charge in [-0.2, -0.15) is 0 Å². The minimum absolute atomic E-state index is 0.530. The molecule has 12 nitrogen and oxygen atoms in total. The molecule has 12 heteroatoms. The SMILES string of the molecule is CCn1c2ccccc2c2cc(CN(CCCN)Cc3cc4c5ccccc5n(CC)c4c(-c4cc(OC)c(OC)c(OC)c4)n3)nc(-c3cc(OC)c(OC)c(OC)c3)c21. The van der Waals surface area contributed by atoms with Gasteiger partial charge in [0.15, 0.2) is 23.0 Å². The number of nitrogens with two attached hydrogens (primary N) is 1. The highest BCUT2D eigenvalue weighted by Gasteiger charge is 2.24. The minimum Gasteiger partial charge on any atom is -0.493 e. The Morgan fingerprint density at radius 2 is 0.918 bits per heavy atom. The summed E-state index contributed by atoms with van der Waals surface area (Å²) in [5.74, 6) is 3.32. The smallest absolute Gasteiger partial charge is 0.203 e. The van der Waals surface area contributed by atoms with Crippen molar-refractivity contribution >= 4 is 43.6 Å². The van der Waals surface area contributed by atoms with Crippen LogP contribution in [0, 0.1) is 0 Å². The van der Waals surface area contributed by atoms with E-state index in [1.165, 1.54) is 10.8 Å². The molecule has 0 radical (unpaired) electrons. The molecule has 8 rings (SSSR count). The van der Waals surface area contributed by atoms with Crippen molar-refractivity contribution in [3.63, 3.8) is 0 Å². The van der Waals surface area contributed by atoms with Crippen LogP contribution in [0.5, 0.6) is 34.5 Å². The van der Waals surface area contributed by atoms with Crippen LogP contribution in [-0.2, 0) is 26.2 Å². The molecule has 0 fully saturated rings. The van der Waals surface area contributed by atoms with E-state index in [9.17, 15) is 0 Å². The second kappa shape index (κ2) is 17.6. The van der Waals surface area contributed by atoms with Gasteiger partial charge < -0.3 is 43.3 Å². The third-order valence-corrected chi connectivity index (χ3v) is 11.6. The molecule has 0 saturated heterocycles. The van der Waals surface area contributed by atoms with Gasteiger partial charge in [-0.05, 0) is 75.3 Å². The number of hydrogen-bond acceptors (Lipinski definition) is 10. The number of ether oxygens (including phenoxy) is 6. The molecule has 0 atom stereocenters. The van der Waals surface area contributed by atoms with Crippen molar-refractivity contribution in [3.05, 3.63) is 96.3 Å². The molecule has 8 aromatic rings. The van der Waals surface area contributed by atoms with Crippen molar-refractivity contribution in [2.75, 3.05) is 55.7 Å². The number of nitrogens with zero attached hydrogens (tertiary/aromatic N) is 5. The molecule has 0 bridgehead atoms. The van der Waals surface area contributed by atoms with Gasteiger partial charge in [0.1, 0.15) is 0 Å². The third-order valence-electron chi connectivity index (χ3n) is 11.6. The molecule has 4 heterocycles. The molecule has 316 valence electrons.